The molecule has 1 heterocycles. The number of primary amides is 1. The summed E-state index contributed by atoms with van der Waals surface area (Å²) in [5.41, 5.74) is 0.642. The predicted molar refractivity (Wildman–Crippen MR) is 194 cm³/mol. The zero-order valence-electron chi connectivity index (χ0n) is 31.4. The van der Waals surface area contributed by atoms with Gasteiger partial charge in [0.1, 0.15) is 23.6 Å². The molecule has 0 spiro atoms. The van der Waals surface area contributed by atoms with E-state index in [0.29, 0.717) is 11.3 Å². The summed E-state index contributed by atoms with van der Waals surface area (Å²) in [4.78, 5) is 87.0. The fourth-order valence-electron chi connectivity index (χ4n) is 7.48. The fraction of sp³-hybridized carbons (Fsp3) is 0.432. The summed E-state index contributed by atoms with van der Waals surface area (Å²) >= 11 is 0. The Morgan fingerprint density at radius 2 is 1.75 bits per heavy atom. The summed E-state index contributed by atoms with van der Waals surface area (Å²) in [5, 5.41) is 48.6. The van der Waals surface area contributed by atoms with Gasteiger partial charge in [-0.25, -0.2) is 9.59 Å². The van der Waals surface area contributed by atoms with Crippen LogP contribution in [0.15, 0.2) is 53.3 Å². The van der Waals surface area contributed by atoms with E-state index in [0.717, 1.165) is 4.90 Å². The van der Waals surface area contributed by atoms with E-state index >= 15 is 0 Å². The number of aliphatic hydroxyl groups excluding tert-OH is 2. The molecule has 2 aromatic rings. The molecule has 0 fully saturated rings. The molecule has 7 N–H and O–H groups in total. The minimum Gasteiger partial charge on any atom is -0.510 e. The van der Waals surface area contributed by atoms with E-state index in [1.807, 2.05) is 0 Å². The summed E-state index contributed by atoms with van der Waals surface area (Å²) in [6.45, 7) is 3.51. The van der Waals surface area contributed by atoms with Crippen molar-refractivity contribution in [2.24, 2.45) is 17.6 Å². The average molecular weight is 765 g/mol. The predicted octanol–water partition coefficient (Wildman–Crippen LogP) is 1.57. The lowest BCUT2D eigenvalue weighted by Gasteiger charge is -2.50. The first kappa shape index (κ1) is 40.2. The number of rotatable bonds is 9. The molecule has 18 heteroatoms. The maximum absolute atomic E-state index is 14.3. The van der Waals surface area contributed by atoms with Crippen LogP contribution in [0.4, 0.5) is 16.2 Å². The normalized spacial score (nSPS) is 22.0. The third-order valence-electron chi connectivity index (χ3n) is 10.1. The number of allylic oxidation sites excluding steroid dienone is 1. The minimum absolute atomic E-state index is 0.0266. The maximum atomic E-state index is 14.3. The molecule has 3 aliphatic carbocycles. The molecule has 5 rings (SSSR count). The van der Waals surface area contributed by atoms with Crippen LogP contribution in [0.1, 0.15) is 53.5 Å². The van der Waals surface area contributed by atoms with Crippen LogP contribution < -0.4 is 16.0 Å². The number of ketones is 2. The molecule has 0 saturated heterocycles. The number of Topliss-reactive ketones (excluding diaryl/α,β-unsaturated/α-hetero) is 2. The first-order valence-corrected chi connectivity index (χ1v) is 17.1. The van der Waals surface area contributed by atoms with Crippen molar-refractivity contribution in [3.8, 4) is 5.75 Å². The number of pyridine rings is 1. The Hall–Kier alpha value is -6.01. The number of phenols is 1. The van der Waals surface area contributed by atoms with Crippen LogP contribution in [0.5, 0.6) is 5.75 Å². The molecule has 0 bridgehead atoms. The number of ether oxygens (including phenoxy) is 2. The highest BCUT2D eigenvalue weighted by atomic mass is 16.7. The first-order chi connectivity index (χ1) is 25.6. The molecule has 0 saturated carbocycles. The number of esters is 1. The molecule has 18 nitrogen and oxygen atoms in total. The van der Waals surface area contributed by atoms with E-state index in [1.165, 1.54) is 49.6 Å². The summed E-state index contributed by atoms with van der Waals surface area (Å²) in [5.74, 6) is -9.64. The van der Waals surface area contributed by atoms with Crippen molar-refractivity contribution < 1.29 is 58.7 Å². The highest BCUT2D eigenvalue weighted by molar-refractivity contribution is 6.25. The first-order valence-electron chi connectivity index (χ1n) is 17.1. The van der Waals surface area contributed by atoms with Crippen LogP contribution in [-0.4, -0.2) is 129 Å². The molecule has 1 aromatic heterocycles. The number of aromatic hydroxyl groups is 1. The van der Waals surface area contributed by atoms with E-state index in [-0.39, 0.29) is 35.2 Å². The van der Waals surface area contributed by atoms with Crippen molar-refractivity contribution in [2.75, 3.05) is 51.7 Å². The van der Waals surface area contributed by atoms with Gasteiger partial charge in [-0.1, -0.05) is 0 Å². The maximum Gasteiger partial charge on any atom is 0.413 e. The van der Waals surface area contributed by atoms with E-state index in [1.54, 1.807) is 39.8 Å². The Kier molecular flexibility index (Phi) is 10.7. The van der Waals surface area contributed by atoms with Crippen LogP contribution in [0.3, 0.4) is 0 Å². The quantitative estimate of drug-likeness (QED) is 0.0916. The van der Waals surface area contributed by atoms with Crippen LogP contribution >= 0.6 is 0 Å². The molecular weight excluding hydrogens is 720 g/mol. The highest BCUT2D eigenvalue weighted by Gasteiger charge is 2.63. The molecule has 3 aliphatic rings. The number of carbonyl (C=O) groups is 6. The highest BCUT2D eigenvalue weighted by Crippen LogP contribution is 2.54. The van der Waals surface area contributed by atoms with E-state index < -0.39 is 101 Å². The van der Waals surface area contributed by atoms with Crippen LogP contribution in [0.2, 0.25) is 0 Å². The molecule has 0 unspecified atom stereocenters. The number of anilines is 2. The third-order valence-corrected chi connectivity index (χ3v) is 10.1. The second-order valence-corrected chi connectivity index (χ2v) is 15.0. The van der Waals surface area contributed by atoms with Gasteiger partial charge in [0.2, 0.25) is 18.5 Å². The molecular formula is C37H44N6O12. The van der Waals surface area contributed by atoms with Gasteiger partial charge in [-0.3, -0.25) is 34.0 Å². The van der Waals surface area contributed by atoms with Gasteiger partial charge in [0, 0.05) is 49.2 Å². The van der Waals surface area contributed by atoms with Crippen molar-refractivity contribution in [3.05, 3.63) is 69.9 Å². The number of hydrogen-bond donors (Lipinski definition) is 6. The molecule has 3 amide bonds. The monoisotopic (exact) mass is 764 g/mol. The summed E-state index contributed by atoms with van der Waals surface area (Å²) in [7, 11) is 6.41. The number of nitrogens with two attached hydrogens (primary N) is 1. The standard InChI is InChI=1S/C37H44N6O12/c1-36(2,3)43(35(52)55-16-54-34(51)17-9-8-10-39-14-17)15-23(44)40-21-13-22(41(4)5)19-11-18-12-20-27(42(6)7)30(47)26(33(38)50)32(49)37(20,53)31(48)24(18)29(46)25(19)28(21)45/h8-10,13-14,18,20,27,45,47-48,53H,11-12,15-16H2,1-7H3,(H2,38,50)(H,40,44)/t18-,20-,27-,37-/m0/s1. The second-order valence-electron chi connectivity index (χ2n) is 15.0. The van der Waals surface area contributed by atoms with E-state index in [2.05, 4.69) is 10.3 Å². The van der Waals surface area contributed by atoms with Gasteiger partial charge in [-0.15, -0.1) is 0 Å². The van der Waals surface area contributed by atoms with Crippen molar-refractivity contribution in [1.82, 2.24) is 14.8 Å². The Morgan fingerprint density at radius 1 is 1.07 bits per heavy atom. The van der Waals surface area contributed by atoms with Gasteiger partial charge < -0.3 is 45.9 Å². The van der Waals surface area contributed by atoms with Gasteiger partial charge in [0.05, 0.1) is 22.9 Å². The van der Waals surface area contributed by atoms with Crippen molar-refractivity contribution in [3.63, 3.8) is 0 Å². The van der Waals surface area contributed by atoms with Crippen molar-refractivity contribution >= 4 is 46.8 Å². The smallest absolute Gasteiger partial charge is 0.413 e. The molecule has 1 aromatic carbocycles. The van der Waals surface area contributed by atoms with Gasteiger partial charge in [0.25, 0.3) is 5.91 Å². The molecule has 55 heavy (non-hydrogen) atoms. The average Bonchev–Trinajstić information content (AvgIpc) is 3.09. The molecule has 0 radical (unpaired) electrons. The number of aromatic nitrogens is 1. The number of phenolic OH excluding ortho intramolecular Hbond substituents is 1. The zero-order valence-corrected chi connectivity index (χ0v) is 31.4. The zero-order chi connectivity index (χ0) is 40.9. The lowest BCUT2D eigenvalue weighted by Crippen LogP contribution is -2.63. The van der Waals surface area contributed by atoms with E-state index in [4.69, 9.17) is 15.2 Å². The number of hydrogen-bond acceptors (Lipinski definition) is 15. The number of benzene rings is 1. The Morgan fingerprint density at radius 3 is 2.31 bits per heavy atom. The van der Waals surface area contributed by atoms with Gasteiger partial charge in [0.15, 0.2) is 17.1 Å². The number of amides is 3. The third kappa shape index (κ3) is 7.05. The van der Waals surface area contributed by atoms with Gasteiger partial charge in [-0.2, -0.15) is 0 Å². The van der Waals surface area contributed by atoms with Gasteiger partial charge in [-0.05, 0) is 77.4 Å². The summed E-state index contributed by atoms with van der Waals surface area (Å²) in [6.07, 6.45) is 1.67. The lowest BCUT2D eigenvalue weighted by atomic mass is 9.58. The SMILES string of the molecule is CN(C)c1cc(NC(=O)CN(C(=O)OCOC(=O)c2cccnc2)C(C)(C)C)c(O)c2c1C[C@H]1C[C@H]3[C@H](N(C)C)C(O)=C(C(N)=O)C(=O)[C@@]3(O)C(O)=C1C2=O. The Labute approximate surface area is 315 Å². The summed E-state index contributed by atoms with van der Waals surface area (Å²) in [6, 6.07) is 3.28. The fourth-order valence-corrected chi connectivity index (χ4v) is 7.48. The minimum atomic E-state index is -2.82. The second kappa shape index (κ2) is 14.7. The number of nitrogens with zero attached hydrogens (tertiary/aromatic N) is 4. The Balaban J connectivity index is 1.45. The largest absolute Gasteiger partial charge is 0.510 e. The van der Waals surface area contributed by atoms with Gasteiger partial charge >= 0.3 is 12.1 Å². The van der Waals surface area contributed by atoms with Crippen LogP contribution in [0.25, 0.3) is 0 Å². The van der Waals surface area contributed by atoms with Crippen LogP contribution in [-0.2, 0) is 30.3 Å². The van der Waals surface area contributed by atoms with Crippen molar-refractivity contribution in [1.29, 1.82) is 0 Å². The van der Waals surface area contributed by atoms with E-state index in [9.17, 15) is 49.2 Å². The lowest BCUT2D eigenvalue weighted by molar-refractivity contribution is -0.148. The van der Waals surface area contributed by atoms with Crippen LogP contribution in [0, 0.1) is 11.8 Å². The topological polar surface area (TPSA) is 262 Å². The van der Waals surface area contributed by atoms with Crippen molar-refractivity contribution in [2.45, 2.75) is 50.8 Å². The molecule has 4 atom stereocenters. The summed E-state index contributed by atoms with van der Waals surface area (Å²) < 4.78 is 10.1. The number of aliphatic hydroxyl groups is 3. The Bertz CT molecular complexity index is 2040. The number of carbonyl (C=O) groups excluding carboxylic acids is 6. The molecule has 294 valence electrons. The number of nitrogens with one attached hydrogen (secondary N) is 1. The number of fused-ring (bicyclic) bond motifs is 3. The number of likely N-dealkylation sites (N-methyl/N-ethyl adjacent to an activating group) is 1. The molecule has 0 aliphatic heterocycles.